The zero-order valence-electron chi connectivity index (χ0n) is 18.0. The zero-order chi connectivity index (χ0) is 20.8. The van der Waals surface area contributed by atoms with Crippen LogP contribution in [0.3, 0.4) is 0 Å². The molecule has 0 atom stereocenters. The van der Waals surface area contributed by atoms with E-state index in [2.05, 4.69) is 55.9 Å². The summed E-state index contributed by atoms with van der Waals surface area (Å²) in [5.41, 5.74) is 5.69. The van der Waals surface area contributed by atoms with Crippen molar-refractivity contribution in [3.63, 3.8) is 0 Å². The Labute approximate surface area is 168 Å². The highest BCUT2D eigenvalue weighted by Crippen LogP contribution is 2.24. The first-order valence-electron chi connectivity index (χ1n) is 10.0. The number of carbonyl (C=O) groups is 2. The molecule has 0 fully saturated rings. The summed E-state index contributed by atoms with van der Waals surface area (Å²) in [5.74, 6) is 0.395. The molecule has 0 bridgehead atoms. The van der Waals surface area contributed by atoms with Gasteiger partial charge in [0.25, 0.3) is 0 Å². The van der Waals surface area contributed by atoms with Crippen LogP contribution in [0, 0.1) is 0 Å². The van der Waals surface area contributed by atoms with Gasteiger partial charge in [-0.15, -0.1) is 0 Å². The normalized spacial score (nSPS) is 15.2. The van der Waals surface area contributed by atoms with Gasteiger partial charge in [-0.2, -0.15) is 0 Å². The minimum atomic E-state index is -0.149. The molecule has 1 aromatic rings. The summed E-state index contributed by atoms with van der Waals surface area (Å²) in [4.78, 5) is 32.1. The van der Waals surface area contributed by atoms with E-state index in [1.54, 1.807) is 13.8 Å². The SMILES string of the molecule is CC(C)=CCC/C(C)=C/CC/C(C)=C/Cc1nc2c([nH]1)C(=O)C(C)=C(C)C2=O. The molecule has 1 aliphatic carbocycles. The van der Waals surface area contributed by atoms with Gasteiger partial charge in [0.15, 0.2) is 0 Å². The predicted octanol–water partition coefficient (Wildman–Crippen LogP) is 6.09. The maximum absolute atomic E-state index is 12.3. The van der Waals surface area contributed by atoms with Gasteiger partial charge in [0.05, 0.1) is 0 Å². The fourth-order valence-electron chi connectivity index (χ4n) is 3.16. The van der Waals surface area contributed by atoms with Crippen LogP contribution in [0.1, 0.15) is 94.0 Å². The average Bonchev–Trinajstić information content (AvgIpc) is 3.07. The number of hydrogen-bond acceptors (Lipinski definition) is 3. The van der Waals surface area contributed by atoms with Crippen molar-refractivity contribution in [2.45, 2.75) is 73.6 Å². The molecule has 0 saturated heterocycles. The van der Waals surface area contributed by atoms with Gasteiger partial charge in [0.2, 0.25) is 11.6 Å². The van der Waals surface area contributed by atoms with Crippen molar-refractivity contribution < 1.29 is 9.59 Å². The van der Waals surface area contributed by atoms with Crippen LogP contribution in [0.2, 0.25) is 0 Å². The smallest absolute Gasteiger partial charge is 0.209 e. The van der Waals surface area contributed by atoms with E-state index in [4.69, 9.17) is 0 Å². The number of fused-ring (bicyclic) bond motifs is 1. The first-order valence-corrected chi connectivity index (χ1v) is 10.0. The van der Waals surface area contributed by atoms with Crippen molar-refractivity contribution in [2.75, 3.05) is 0 Å². The van der Waals surface area contributed by atoms with E-state index in [1.165, 1.54) is 16.7 Å². The lowest BCUT2D eigenvalue weighted by Gasteiger charge is -2.10. The molecule has 0 spiro atoms. The number of nitrogens with one attached hydrogen (secondary N) is 1. The van der Waals surface area contributed by atoms with Crippen LogP contribution in [-0.4, -0.2) is 21.5 Å². The number of hydrogen-bond donors (Lipinski definition) is 1. The topological polar surface area (TPSA) is 62.8 Å². The number of ketones is 2. The van der Waals surface area contributed by atoms with E-state index in [-0.39, 0.29) is 17.3 Å². The Morgan fingerprint density at radius 1 is 0.857 bits per heavy atom. The van der Waals surface area contributed by atoms with Crippen molar-refractivity contribution in [1.29, 1.82) is 0 Å². The highest BCUT2D eigenvalue weighted by molar-refractivity contribution is 6.25. The quantitative estimate of drug-likeness (QED) is 0.555. The van der Waals surface area contributed by atoms with Crippen LogP contribution in [0.15, 0.2) is 46.1 Å². The summed E-state index contributed by atoms with van der Waals surface area (Å²) >= 11 is 0. The van der Waals surface area contributed by atoms with Crippen LogP contribution >= 0.6 is 0 Å². The molecule has 0 radical (unpaired) electrons. The number of aromatic amines is 1. The summed E-state index contributed by atoms with van der Waals surface area (Å²) in [6.07, 6.45) is 11.6. The largest absolute Gasteiger partial charge is 0.338 e. The van der Waals surface area contributed by atoms with E-state index in [9.17, 15) is 9.59 Å². The molecular weight excluding hydrogens is 348 g/mol. The Morgan fingerprint density at radius 3 is 2.07 bits per heavy atom. The Balaban J connectivity index is 1.91. The molecule has 2 rings (SSSR count). The van der Waals surface area contributed by atoms with Crippen LogP contribution in [-0.2, 0) is 6.42 Å². The molecular formula is C24H32N2O2. The molecule has 28 heavy (non-hydrogen) atoms. The minimum absolute atomic E-state index is 0.125. The lowest BCUT2D eigenvalue weighted by atomic mass is 9.92. The second kappa shape index (κ2) is 9.63. The molecule has 150 valence electrons. The second-order valence-electron chi connectivity index (χ2n) is 7.98. The highest BCUT2D eigenvalue weighted by atomic mass is 16.1. The van der Waals surface area contributed by atoms with Gasteiger partial charge in [0, 0.05) is 17.6 Å². The molecule has 0 amide bonds. The summed E-state index contributed by atoms with van der Waals surface area (Å²) in [6, 6.07) is 0. The second-order valence-corrected chi connectivity index (χ2v) is 7.98. The summed E-state index contributed by atoms with van der Waals surface area (Å²) in [6.45, 7) is 11.9. The minimum Gasteiger partial charge on any atom is -0.338 e. The fraction of sp³-hybridized carbons (Fsp3) is 0.458. The maximum atomic E-state index is 12.3. The van der Waals surface area contributed by atoms with Crippen molar-refractivity contribution in [3.8, 4) is 0 Å². The van der Waals surface area contributed by atoms with E-state index in [1.807, 2.05) is 0 Å². The van der Waals surface area contributed by atoms with Crippen LogP contribution < -0.4 is 0 Å². The average molecular weight is 381 g/mol. The third-order valence-electron chi connectivity index (χ3n) is 5.21. The lowest BCUT2D eigenvalue weighted by molar-refractivity contribution is 0.0970. The standard InChI is InChI=1S/C24H32N2O2/c1-15(2)9-7-10-16(3)11-8-12-17(4)13-14-20-25-21-22(26-20)24(28)19(6)18(5)23(21)27/h9,11,13H,7-8,10,12,14H2,1-6H3,(H,25,26)/b16-11+,17-13+. The Bertz CT molecular complexity index is 846. The van der Waals surface area contributed by atoms with Crippen molar-refractivity contribution in [2.24, 2.45) is 0 Å². The number of Topliss-reactive ketones (excluding diaryl/α,β-unsaturated/α-hetero) is 2. The lowest BCUT2D eigenvalue weighted by Crippen LogP contribution is -2.19. The number of imidazole rings is 1. The first kappa shape index (κ1) is 21.8. The molecule has 0 aromatic carbocycles. The van der Waals surface area contributed by atoms with E-state index in [0.717, 1.165) is 25.7 Å². The van der Waals surface area contributed by atoms with Crippen LogP contribution in [0.25, 0.3) is 0 Å². The highest BCUT2D eigenvalue weighted by Gasteiger charge is 2.31. The van der Waals surface area contributed by atoms with Crippen molar-refractivity contribution >= 4 is 11.6 Å². The Morgan fingerprint density at radius 2 is 1.43 bits per heavy atom. The Hall–Kier alpha value is -2.49. The van der Waals surface area contributed by atoms with E-state index >= 15 is 0 Å². The number of nitrogens with zero attached hydrogens (tertiary/aromatic N) is 1. The van der Waals surface area contributed by atoms with Gasteiger partial charge in [-0.05, 0) is 67.2 Å². The van der Waals surface area contributed by atoms with Gasteiger partial charge in [0.1, 0.15) is 17.2 Å². The Kier molecular flexibility index (Phi) is 7.50. The third kappa shape index (κ3) is 5.51. The van der Waals surface area contributed by atoms with Crippen molar-refractivity contribution in [3.05, 3.63) is 63.3 Å². The van der Waals surface area contributed by atoms with Gasteiger partial charge in [-0.3, -0.25) is 9.59 Å². The molecule has 4 nitrogen and oxygen atoms in total. The van der Waals surface area contributed by atoms with E-state index < -0.39 is 0 Å². The monoisotopic (exact) mass is 380 g/mol. The zero-order valence-corrected chi connectivity index (χ0v) is 18.0. The van der Waals surface area contributed by atoms with E-state index in [0.29, 0.717) is 29.1 Å². The van der Waals surface area contributed by atoms with Crippen LogP contribution in [0.5, 0.6) is 0 Å². The third-order valence-corrected chi connectivity index (χ3v) is 5.21. The van der Waals surface area contributed by atoms with Crippen molar-refractivity contribution in [1.82, 2.24) is 9.97 Å². The molecule has 0 aliphatic heterocycles. The van der Waals surface area contributed by atoms with Gasteiger partial charge < -0.3 is 4.98 Å². The predicted molar refractivity (Wildman–Crippen MR) is 115 cm³/mol. The molecule has 1 N–H and O–H groups in total. The molecule has 1 aromatic heterocycles. The maximum Gasteiger partial charge on any atom is 0.209 e. The number of H-pyrrole nitrogens is 1. The molecule has 0 saturated carbocycles. The number of rotatable bonds is 8. The first-order chi connectivity index (χ1) is 13.2. The fourth-order valence-corrected chi connectivity index (χ4v) is 3.16. The van der Waals surface area contributed by atoms with Gasteiger partial charge in [-0.25, -0.2) is 4.98 Å². The van der Waals surface area contributed by atoms with Gasteiger partial charge >= 0.3 is 0 Å². The van der Waals surface area contributed by atoms with Gasteiger partial charge in [-0.1, -0.05) is 34.9 Å². The van der Waals surface area contributed by atoms with Crippen LogP contribution in [0.4, 0.5) is 0 Å². The molecule has 0 unspecified atom stereocenters. The summed E-state index contributed by atoms with van der Waals surface area (Å²) in [5, 5.41) is 0. The molecule has 4 heteroatoms. The molecule has 1 heterocycles. The number of aromatic nitrogens is 2. The summed E-state index contributed by atoms with van der Waals surface area (Å²) < 4.78 is 0. The molecule has 1 aliphatic rings. The summed E-state index contributed by atoms with van der Waals surface area (Å²) in [7, 11) is 0. The number of carbonyl (C=O) groups excluding carboxylic acids is 2. The number of allylic oxidation sites excluding steroid dienone is 8.